The molecule has 0 rings (SSSR count). The predicted molar refractivity (Wildman–Crippen MR) is 35.2 cm³/mol. The Morgan fingerprint density at radius 1 is 1.86 bits per heavy atom. The fourth-order valence-electron chi connectivity index (χ4n) is 0.0995. The summed E-state index contributed by atoms with van der Waals surface area (Å²) in [6.07, 6.45) is 0. The van der Waals surface area contributed by atoms with Gasteiger partial charge in [-0.15, -0.1) is 0 Å². The van der Waals surface area contributed by atoms with Crippen molar-refractivity contribution in [3.05, 3.63) is 0 Å². The zero-order valence-electron chi connectivity index (χ0n) is 3.43. The molecule has 0 saturated carbocycles. The van der Waals surface area contributed by atoms with Gasteiger partial charge in [-0.1, -0.05) is 25.6 Å². The van der Waals surface area contributed by atoms with E-state index < -0.39 is 9.64 Å². The monoisotopic (exact) mass is 203 g/mol. The van der Waals surface area contributed by atoms with Crippen molar-refractivity contribution in [1.29, 1.82) is 0 Å². The Labute approximate surface area is 57.3 Å². The summed E-state index contributed by atoms with van der Waals surface area (Å²) in [7, 11) is -1.51. The first-order valence-corrected chi connectivity index (χ1v) is 4.68. The van der Waals surface area contributed by atoms with Crippen molar-refractivity contribution >= 4 is 36.8 Å². The van der Waals surface area contributed by atoms with Crippen molar-refractivity contribution in [2.24, 2.45) is 0 Å². The highest BCUT2D eigenvalue weighted by Gasteiger charge is 1.69. The number of hydrogen-bond donors (Lipinski definition) is 0. The Morgan fingerprint density at radius 2 is 2.43 bits per heavy atom. The molecule has 0 aromatic carbocycles. The first-order valence-electron chi connectivity index (χ1n) is 1.56. The van der Waals surface area contributed by atoms with E-state index in [0.717, 1.165) is 0 Å². The highest BCUT2D eigenvalue weighted by Crippen LogP contribution is 1.80. The van der Waals surface area contributed by atoms with Gasteiger partial charge in [-0.3, -0.25) is 0 Å². The summed E-state index contributed by atoms with van der Waals surface area (Å²) in [5.74, 6) is 0. The number of rotatable bonds is 3. The standard InChI is InChI=1S/C2H4BrO2S2/c3-1-2-5-7(4)6/h1-2H2/q-1. The molecule has 0 amide bonds. The normalized spacial score (nSPS) is 10.0. The Morgan fingerprint density at radius 3 is 2.57 bits per heavy atom. The third-order valence-corrected chi connectivity index (χ3v) is 1.23. The topological polar surface area (TPSA) is 26.3 Å². The van der Waals surface area contributed by atoms with E-state index in [1.165, 1.54) is 0 Å². The second-order valence-corrected chi connectivity index (χ2v) is 2.97. The van der Waals surface area contributed by atoms with Crippen molar-refractivity contribution in [1.82, 2.24) is 0 Å². The van der Waals surface area contributed by atoms with Gasteiger partial charge in [-0.05, 0) is 0 Å². The van der Waals surface area contributed by atoms with Gasteiger partial charge in [-0.25, -0.2) is 11.2 Å². The Bertz CT molecular complexity index is 91.9. The minimum Gasteiger partial charge on any atom is -0.443 e. The molecule has 0 spiro atoms. The van der Waals surface area contributed by atoms with Crippen LogP contribution in [0.1, 0.15) is 0 Å². The van der Waals surface area contributed by atoms with Gasteiger partial charge < -0.3 is 8.39 Å². The van der Waals surface area contributed by atoms with E-state index in [9.17, 15) is 4.21 Å². The first kappa shape index (κ1) is 7.81. The van der Waals surface area contributed by atoms with E-state index in [1.54, 1.807) is 0 Å². The molecular formula is C2H4BrO2S2-. The van der Waals surface area contributed by atoms with Crippen LogP contribution in [0, 0.1) is 0 Å². The molecule has 7 heavy (non-hydrogen) atoms. The van der Waals surface area contributed by atoms with Crippen molar-refractivity contribution in [2.45, 2.75) is 0 Å². The fourth-order valence-corrected chi connectivity index (χ4v) is 0.899. The van der Waals surface area contributed by atoms with E-state index in [-0.39, 0.29) is 0 Å². The van der Waals surface area contributed by atoms with Gasteiger partial charge in [0.1, 0.15) is 0 Å². The van der Waals surface area contributed by atoms with Gasteiger partial charge in [0.15, 0.2) is 0 Å². The molecule has 0 N–H and O–H groups in total. The van der Waals surface area contributed by atoms with E-state index in [1.807, 2.05) is 0 Å². The highest BCUT2D eigenvalue weighted by atomic mass is 79.9. The second-order valence-electron chi connectivity index (χ2n) is 0.715. The smallest absolute Gasteiger partial charge is 0.0354 e. The zero-order chi connectivity index (χ0) is 5.70. The van der Waals surface area contributed by atoms with Crippen LogP contribution in [0.4, 0.5) is 0 Å². The molecule has 0 aliphatic rings. The highest BCUT2D eigenvalue weighted by molar-refractivity contribution is 9.09. The molecule has 0 heterocycles. The molecule has 2 nitrogen and oxygen atoms in total. The van der Waals surface area contributed by atoms with Crippen molar-refractivity contribution in [3.8, 4) is 0 Å². The van der Waals surface area contributed by atoms with Crippen molar-refractivity contribution in [3.63, 3.8) is 0 Å². The van der Waals surface area contributed by atoms with Crippen molar-refractivity contribution in [2.75, 3.05) is 11.9 Å². The lowest BCUT2D eigenvalue weighted by molar-refractivity contribution is 0.379. The van der Waals surface area contributed by atoms with Crippen LogP contribution in [0.2, 0.25) is 0 Å². The molecule has 44 valence electrons. The average molecular weight is 204 g/mol. The molecule has 0 aliphatic carbocycles. The SMILES string of the molecule is O=[S-](=S)OCCBr. The summed E-state index contributed by atoms with van der Waals surface area (Å²) in [4.78, 5) is 0. The van der Waals surface area contributed by atoms with Crippen LogP contribution >= 0.6 is 15.9 Å². The van der Waals surface area contributed by atoms with Crippen LogP contribution in [0.15, 0.2) is 0 Å². The van der Waals surface area contributed by atoms with E-state index in [0.29, 0.717) is 11.9 Å². The predicted octanol–water partition coefficient (Wildman–Crippen LogP) is 0.739. The summed E-state index contributed by atoms with van der Waals surface area (Å²) in [5, 5.41) is 0.676. The molecular weight excluding hydrogens is 200 g/mol. The first-order chi connectivity index (χ1) is 3.27. The lowest BCUT2D eigenvalue weighted by Crippen LogP contribution is -1.89. The van der Waals surface area contributed by atoms with Crippen molar-refractivity contribution < 1.29 is 8.39 Å². The molecule has 0 atom stereocenters. The average Bonchev–Trinajstić information content (AvgIpc) is 1.61. The number of alkyl halides is 1. The Hall–Kier alpha value is 0.810. The zero-order valence-corrected chi connectivity index (χ0v) is 6.64. The second kappa shape index (κ2) is 4.96. The molecule has 0 aromatic heterocycles. The van der Waals surface area contributed by atoms with Gasteiger partial charge in [-0.2, -0.15) is 0 Å². The summed E-state index contributed by atoms with van der Waals surface area (Å²) in [6, 6.07) is 0. The van der Waals surface area contributed by atoms with Gasteiger partial charge in [0.2, 0.25) is 0 Å². The van der Waals surface area contributed by atoms with Crippen LogP contribution in [0.25, 0.3) is 0 Å². The molecule has 0 fully saturated rings. The number of halogens is 1. The maximum atomic E-state index is 9.89. The Balaban J connectivity index is 2.98. The minimum absolute atomic E-state index is 0.413. The fraction of sp³-hybridized carbons (Fsp3) is 1.00. The summed E-state index contributed by atoms with van der Waals surface area (Å²) in [6.45, 7) is 0.413. The lowest BCUT2D eigenvalue weighted by atomic mass is 10.9. The molecule has 5 heteroatoms. The molecule has 0 aromatic rings. The molecule has 0 aliphatic heterocycles. The minimum atomic E-state index is -1.51. The van der Waals surface area contributed by atoms with Crippen LogP contribution in [0.3, 0.4) is 0 Å². The summed E-state index contributed by atoms with van der Waals surface area (Å²) in [5.41, 5.74) is 0. The quantitative estimate of drug-likeness (QED) is 0.501. The Kier molecular flexibility index (Phi) is 5.53. The van der Waals surface area contributed by atoms with E-state index in [2.05, 4.69) is 31.3 Å². The number of hydrogen-bond acceptors (Lipinski definition) is 4. The van der Waals surface area contributed by atoms with Crippen LogP contribution in [-0.4, -0.2) is 11.9 Å². The van der Waals surface area contributed by atoms with E-state index in [4.69, 9.17) is 0 Å². The summed E-state index contributed by atoms with van der Waals surface area (Å²) < 4.78 is 14.3. The molecule has 0 radical (unpaired) electrons. The van der Waals surface area contributed by atoms with Gasteiger partial charge in [0.25, 0.3) is 0 Å². The van der Waals surface area contributed by atoms with Gasteiger partial charge in [0, 0.05) is 11.9 Å². The molecule has 0 bridgehead atoms. The molecule has 0 unspecified atom stereocenters. The van der Waals surface area contributed by atoms with Crippen LogP contribution in [-0.2, 0) is 29.2 Å². The molecule has 0 saturated heterocycles. The van der Waals surface area contributed by atoms with Crippen LogP contribution in [0.5, 0.6) is 0 Å². The van der Waals surface area contributed by atoms with Gasteiger partial charge in [0.05, 0.1) is 0 Å². The maximum Gasteiger partial charge on any atom is 0.0354 e. The third-order valence-electron chi connectivity index (χ3n) is 0.257. The third kappa shape index (κ3) is 6.81. The largest absolute Gasteiger partial charge is 0.443 e. The van der Waals surface area contributed by atoms with Crippen LogP contribution < -0.4 is 0 Å². The van der Waals surface area contributed by atoms with E-state index >= 15 is 0 Å². The lowest BCUT2D eigenvalue weighted by Gasteiger charge is -1.97. The summed E-state index contributed by atoms with van der Waals surface area (Å²) >= 11 is 7.25. The maximum absolute atomic E-state index is 9.89. The van der Waals surface area contributed by atoms with Gasteiger partial charge >= 0.3 is 0 Å².